The molecule has 0 bridgehead atoms. The summed E-state index contributed by atoms with van der Waals surface area (Å²) in [4.78, 5) is 11.8. The molecule has 0 atom stereocenters. The lowest BCUT2D eigenvalue weighted by Gasteiger charge is -2.35. The van der Waals surface area contributed by atoms with E-state index in [1.807, 2.05) is 0 Å². The first-order valence-corrected chi connectivity index (χ1v) is 5.38. The zero-order valence-corrected chi connectivity index (χ0v) is 8.42. The van der Waals surface area contributed by atoms with Crippen molar-refractivity contribution in [1.29, 1.82) is 0 Å². The number of nitrogens with one attached hydrogen (secondary N) is 1. The van der Waals surface area contributed by atoms with Crippen LogP contribution < -0.4 is 11.1 Å². The van der Waals surface area contributed by atoms with Gasteiger partial charge in [-0.2, -0.15) is 0 Å². The Labute approximate surface area is 84.2 Å². The fraction of sp³-hybridized carbons (Fsp3) is 0.900. The molecule has 4 heteroatoms. The molecule has 0 aromatic rings. The van der Waals surface area contributed by atoms with E-state index in [9.17, 15) is 4.79 Å². The summed E-state index contributed by atoms with van der Waals surface area (Å²) in [6.07, 6.45) is 4.74. The van der Waals surface area contributed by atoms with Gasteiger partial charge in [0.15, 0.2) is 0 Å². The Morgan fingerprint density at radius 1 is 1.36 bits per heavy atom. The molecular weight excluding hydrogens is 180 g/mol. The van der Waals surface area contributed by atoms with Gasteiger partial charge in [0.25, 0.3) is 0 Å². The third-order valence-corrected chi connectivity index (χ3v) is 3.28. The fourth-order valence-electron chi connectivity index (χ4n) is 1.84. The van der Waals surface area contributed by atoms with Crippen LogP contribution in [0.5, 0.6) is 0 Å². The van der Waals surface area contributed by atoms with E-state index in [2.05, 4.69) is 5.32 Å². The highest BCUT2D eigenvalue weighted by atomic mass is 16.5. The van der Waals surface area contributed by atoms with Crippen LogP contribution >= 0.6 is 0 Å². The van der Waals surface area contributed by atoms with Crippen LogP contribution in [-0.2, 0) is 9.53 Å². The van der Waals surface area contributed by atoms with Crippen LogP contribution in [0.15, 0.2) is 0 Å². The Bertz CT molecular complexity index is 220. The van der Waals surface area contributed by atoms with Gasteiger partial charge < -0.3 is 15.8 Å². The maximum atomic E-state index is 11.8. The maximum absolute atomic E-state index is 11.8. The van der Waals surface area contributed by atoms with E-state index in [0.717, 1.165) is 12.8 Å². The van der Waals surface area contributed by atoms with E-state index >= 15 is 0 Å². The van der Waals surface area contributed by atoms with Crippen LogP contribution in [0.1, 0.15) is 32.1 Å². The fourth-order valence-corrected chi connectivity index (χ4v) is 1.84. The number of carbonyl (C=O) groups is 1. The Kier molecular flexibility index (Phi) is 2.74. The highest BCUT2D eigenvalue weighted by molar-refractivity contribution is 5.86. The average Bonchev–Trinajstić information content (AvgIpc) is 2.12. The van der Waals surface area contributed by atoms with Gasteiger partial charge in [-0.3, -0.25) is 4.79 Å². The van der Waals surface area contributed by atoms with Crippen LogP contribution in [0.4, 0.5) is 0 Å². The molecule has 0 aromatic heterocycles. The van der Waals surface area contributed by atoms with Crippen molar-refractivity contribution < 1.29 is 9.53 Å². The van der Waals surface area contributed by atoms with Gasteiger partial charge in [-0.15, -0.1) is 0 Å². The number of carbonyl (C=O) groups excluding carboxylic acids is 1. The molecule has 2 aliphatic rings. The number of amides is 1. The number of rotatable bonds is 2. The summed E-state index contributed by atoms with van der Waals surface area (Å²) < 4.78 is 5.20. The van der Waals surface area contributed by atoms with E-state index in [1.165, 1.54) is 6.42 Å². The maximum Gasteiger partial charge on any atom is 0.240 e. The zero-order valence-electron chi connectivity index (χ0n) is 8.42. The predicted octanol–water partition coefficient (Wildman–Crippen LogP) is 0.163. The quantitative estimate of drug-likeness (QED) is 0.664. The third-order valence-electron chi connectivity index (χ3n) is 3.28. The highest BCUT2D eigenvalue weighted by Crippen LogP contribution is 2.22. The molecule has 0 radical (unpaired) electrons. The second kappa shape index (κ2) is 3.87. The molecular formula is C10H18N2O2. The predicted molar refractivity (Wildman–Crippen MR) is 52.8 cm³/mol. The standard InChI is InChI=1S/C10H18N2O2/c11-10(4-6-14-7-5-10)9(13)12-8-2-1-3-8/h8H,1-7,11H2,(H,12,13). The Hall–Kier alpha value is -0.610. The molecule has 1 amide bonds. The number of hydrogen-bond donors (Lipinski definition) is 2. The lowest BCUT2D eigenvalue weighted by atomic mass is 9.87. The summed E-state index contributed by atoms with van der Waals surface area (Å²) in [5, 5.41) is 3.01. The van der Waals surface area contributed by atoms with Crippen LogP contribution in [0.2, 0.25) is 0 Å². The molecule has 2 rings (SSSR count). The molecule has 2 fully saturated rings. The topological polar surface area (TPSA) is 64.4 Å². The van der Waals surface area contributed by atoms with Crippen LogP contribution in [0.25, 0.3) is 0 Å². The smallest absolute Gasteiger partial charge is 0.240 e. The lowest BCUT2D eigenvalue weighted by Crippen LogP contribution is -2.59. The van der Waals surface area contributed by atoms with Crippen LogP contribution in [0, 0.1) is 0 Å². The molecule has 80 valence electrons. The Morgan fingerprint density at radius 3 is 2.50 bits per heavy atom. The van der Waals surface area contributed by atoms with E-state index in [4.69, 9.17) is 10.5 Å². The Morgan fingerprint density at radius 2 is 2.00 bits per heavy atom. The molecule has 0 spiro atoms. The molecule has 4 nitrogen and oxygen atoms in total. The van der Waals surface area contributed by atoms with E-state index in [0.29, 0.717) is 32.1 Å². The average molecular weight is 198 g/mol. The molecule has 1 saturated heterocycles. The largest absolute Gasteiger partial charge is 0.381 e. The third kappa shape index (κ3) is 1.91. The molecule has 1 saturated carbocycles. The summed E-state index contributed by atoms with van der Waals surface area (Å²) >= 11 is 0. The molecule has 0 unspecified atom stereocenters. The number of nitrogens with two attached hydrogens (primary N) is 1. The van der Waals surface area contributed by atoms with Gasteiger partial charge in [-0.05, 0) is 32.1 Å². The summed E-state index contributed by atoms with van der Waals surface area (Å²) in [6.45, 7) is 1.21. The highest BCUT2D eigenvalue weighted by Gasteiger charge is 2.37. The van der Waals surface area contributed by atoms with Crippen molar-refractivity contribution in [2.24, 2.45) is 5.73 Å². The molecule has 3 N–H and O–H groups in total. The van der Waals surface area contributed by atoms with Gasteiger partial charge >= 0.3 is 0 Å². The molecule has 1 aliphatic carbocycles. The van der Waals surface area contributed by atoms with Crippen molar-refractivity contribution in [3.8, 4) is 0 Å². The lowest BCUT2D eigenvalue weighted by molar-refractivity contribution is -0.131. The van der Waals surface area contributed by atoms with Crippen LogP contribution in [-0.4, -0.2) is 30.7 Å². The van der Waals surface area contributed by atoms with Gasteiger partial charge in [0, 0.05) is 19.3 Å². The van der Waals surface area contributed by atoms with Crippen molar-refractivity contribution >= 4 is 5.91 Å². The van der Waals surface area contributed by atoms with Crippen molar-refractivity contribution in [2.75, 3.05) is 13.2 Å². The summed E-state index contributed by atoms with van der Waals surface area (Å²) in [5.41, 5.74) is 5.36. The van der Waals surface area contributed by atoms with Gasteiger partial charge in [0.2, 0.25) is 5.91 Å². The second-order valence-electron chi connectivity index (χ2n) is 4.37. The Balaban J connectivity index is 1.87. The first-order valence-electron chi connectivity index (χ1n) is 5.38. The summed E-state index contributed by atoms with van der Waals surface area (Å²) in [6, 6.07) is 0.380. The van der Waals surface area contributed by atoms with Crippen molar-refractivity contribution in [1.82, 2.24) is 5.32 Å². The first-order chi connectivity index (χ1) is 6.71. The van der Waals surface area contributed by atoms with Crippen LogP contribution in [0.3, 0.4) is 0 Å². The minimum absolute atomic E-state index is 0.0190. The molecule has 1 heterocycles. The van der Waals surface area contributed by atoms with Gasteiger partial charge in [-0.25, -0.2) is 0 Å². The molecule has 0 aromatic carbocycles. The van der Waals surface area contributed by atoms with Gasteiger partial charge in [0.05, 0.1) is 5.54 Å². The number of hydrogen-bond acceptors (Lipinski definition) is 3. The summed E-state index contributed by atoms with van der Waals surface area (Å²) in [7, 11) is 0. The SMILES string of the molecule is NC1(C(=O)NC2CCC2)CCOCC1. The summed E-state index contributed by atoms with van der Waals surface area (Å²) in [5.74, 6) is 0.0190. The van der Waals surface area contributed by atoms with E-state index in [-0.39, 0.29) is 5.91 Å². The van der Waals surface area contributed by atoms with E-state index < -0.39 is 5.54 Å². The van der Waals surface area contributed by atoms with Crippen molar-refractivity contribution in [3.63, 3.8) is 0 Å². The minimum atomic E-state index is -0.673. The monoisotopic (exact) mass is 198 g/mol. The molecule has 1 aliphatic heterocycles. The number of ether oxygens (including phenoxy) is 1. The zero-order chi connectivity index (χ0) is 10.0. The van der Waals surface area contributed by atoms with Gasteiger partial charge in [-0.1, -0.05) is 0 Å². The second-order valence-corrected chi connectivity index (χ2v) is 4.37. The molecule has 14 heavy (non-hydrogen) atoms. The van der Waals surface area contributed by atoms with E-state index in [1.54, 1.807) is 0 Å². The van der Waals surface area contributed by atoms with Crippen molar-refractivity contribution in [2.45, 2.75) is 43.7 Å². The van der Waals surface area contributed by atoms with Crippen molar-refractivity contribution in [3.05, 3.63) is 0 Å². The van der Waals surface area contributed by atoms with Gasteiger partial charge in [0.1, 0.15) is 0 Å². The normalized spacial score (nSPS) is 26.6. The minimum Gasteiger partial charge on any atom is -0.381 e. The first kappa shape index (κ1) is 9.93.